The zero-order valence-electron chi connectivity index (χ0n) is 13.7. The number of alkyl halides is 1. The first-order valence-electron chi connectivity index (χ1n) is 7.60. The van der Waals surface area contributed by atoms with Gasteiger partial charge in [-0.3, -0.25) is 0 Å². The summed E-state index contributed by atoms with van der Waals surface area (Å²) in [6.45, 7) is 4.48. The summed E-state index contributed by atoms with van der Waals surface area (Å²) in [6.07, 6.45) is -0.892. The Morgan fingerprint density at radius 1 is 1.21 bits per heavy atom. The summed E-state index contributed by atoms with van der Waals surface area (Å²) in [5.74, 6) is -1.12. The van der Waals surface area contributed by atoms with Crippen molar-refractivity contribution in [2.75, 3.05) is 6.54 Å². The molecular weight excluding hydrogens is 313 g/mol. The Morgan fingerprint density at radius 3 is 2.54 bits per heavy atom. The third-order valence-corrected chi connectivity index (χ3v) is 3.68. The molecule has 126 valence electrons. The zero-order chi connectivity index (χ0) is 17.5. The van der Waals surface area contributed by atoms with Crippen LogP contribution in [0, 0.1) is 0 Å². The monoisotopic (exact) mass is 331 g/mol. The molecule has 1 heterocycles. The molecule has 1 aliphatic heterocycles. The van der Waals surface area contributed by atoms with Crippen molar-refractivity contribution in [3.05, 3.63) is 48.0 Å². The molecule has 3 rings (SSSR count). The summed E-state index contributed by atoms with van der Waals surface area (Å²) >= 11 is 0. The van der Waals surface area contributed by atoms with Gasteiger partial charge in [0, 0.05) is 5.56 Å². The maximum Gasteiger partial charge on any atom is 0.443 e. The van der Waals surface area contributed by atoms with Crippen LogP contribution in [0.5, 0.6) is 0 Å². The lowest BCUT2D eigenvalue weighted by Crippen LogP contribution is -2.36. The van der Waals surface area contributed by atoms with Crippen LogP contribution in [0.25, 0.3) is 10.8 Å². The molecule has 1 saturated heterocycles. The number of halogens is 1. The molecule has 1 fully saturated rings. The van der Waals surface area contributed by atoms with E-state index in [0.717, 1.165) is 10.8 Å². The largest absolute Gasteiger partial charge is 0.443 e. The van der Waals surface area contributed by atoms with Gasteiger partial charge in [0.05, 0.1) is 0 Å². The Balaban J connectivity index is 1.89. The van der Waals surface area contributed by atoms with Gasteiger partial charge in [-0.15, -0.1) is 5.06 Å². The van der Waals surface area contributed by atoms with Crippen LogP contribution in [-0.4, -0.2) is 29.3 Å². The maximum absolute atomic E-state index is 15.3. The van der Waals surface area contributed by atoms with Crippen molar-refractivity contribution in [1.82, 2.24) is 5.06 Å². The van der Waals surface area contributed by atoms with E-state index in [9.17, 15) is 9.59 Å². The minimum absolute atomic E-state index is 0.150. The smallest absolute Gasteiger partial charge is 0.442 e. The maximum atomic E-state index is 15.3. The van der Waals surface area contributed by atoms with Crippen LogP contribution < -0.4 is 0 Å². The number of carbonyl (C=O) groups is 2. The molecule has 0 N–H and O–H groups in total. The fourth-order valence-corrected chi connectivity index (χ4v) is 2.53. The van der Waals surface area contributed by atoms with E-state index in [4.69, 9.17) is 9.57 Å². The van der Waals surface area contributed by atoms with Crippen molar-refractivity contribution in [2.24, 2.45) is 0 Å². The van der Waals surface area contributed by atoms with E-state index in [1.165, 1.54) is 6.07 Å². The normalized spacial score (nSPS) is 21.0. The number of hydrogen-bond acceptors (Lipinski definition) is 4. The van der Waals surface area contributed by atoms with Crippen LogP contribution in [0.3, 0.4) is 0 Å². The van der Waals surface area contributed by atoms with Gasteiger partial charge in [0.1, 0.15) is 12.1 Å². The van der Waals surface area contributed by atoms with E-state index in [1.807, 2.05) is 24.3 Å². The average Bonchev–Trinajstić information content (AvgIpc) is 2.82. The van der Waals surface area contributed by atoms with Gasteiger partial charge in [-0.1, -0.05) is 36.4 Å². The van der Waals surface area contributed by atoms with Crippen molar-refractivity contribution in [3.8, 4) is 0 Å². The second-order valence-corrected chi connectivity index (χ2v) is 6.76. The van der Waals surface area contributed by atoms with Gasteiger partial charge in [0.2, 0.25) is 0 Å². The highest BCUT2D eigenvalue weighted by molar-refractivity contribution is 5.89. The molecule has 24 heavy (non-hydrogen) atoms. The molecule has 1 atom stereocenters. The minimum atomic E-state index is -2.42. The lowest BCUT2D eigenvalue weighted by molar-refractivity contribution is -0.169. The fourth-order valence-electron chi connectivity index (χ4n) is 2.53. The average molecular weight is 331 g/mol. The van der Waals surface area contributed by atoms with Crippen molar-refractivity contribution >= 4 is 22.8 Å². The summed E-state index contributed by atoms with van der Waals surface area (Å²) in [5, 5.41) is 2.36. The highest BCUT2D eigenvalue weighted by Crippen LogP contribution is 2.36. The Bertz CT molecular complexity index is 814. The van der Waals surface area contributed by atoms with Gasteiger partial charge in [0.15, 0.2) is 0 Å². The summed E-state index contributed by atoms with van der Waals surface area (Å²) in [4.78, 5) is 28.9. The number of nitrogens with zero attached hydrogens (tertiary/aromatic N) is 1. The van der Waals surface area contributed by atoms with Crippen LogP contribution in [0.15, 0.2) is 42.5 Å². The van der Waals surface area contributed by atoms with Gasteiger partial charge >= 0.3 is 12.1 Å². The molecule has 2 aromatic carbocycles. The first-order valence-corrected chi connectivity index (χ1v) is 7.60. The third-order valence-electron chi connectivity index (χ3n) is 3.68. The zero-order valence-corrected chi connectivity index (χ0v) is 13.7. The number of amides is 1. The van der Waals surface area contributed by atoms with Crippen LogP contribution in [0.1, 0.15) is 26.3 Å². The van der Waals surface area contributed by atoms with Crippen LogP contribution in [0.4, 0.5) is 9.18 Å². The van der Waals surface area contributed by atoms with Crippen molar-refractivity contribution < 1.29 is 23.6 Å². The van der Waals surface area contributed by atoms with Gasteiger partial charge in [0.25, 0.3) is 5.67 Å². The van der Waals surface area contributed by atoms with Crippen molar-refractivity contribution in [1.29, 1.82) is 0 Å². The topological polar surface area (TPSA) is 55.8 Å². The molecule has 0 aliphatic carbocycles. The van der Waals surface area contributed by atoms with E-state index < -0.39 is 29.9 Å². The molecule has 1 amide bonds. The summed E-state index contributed by atoms with van der Waals surface area (Å²) < 4.78 is 20.4. The van der Waals surface area contributed by atoms with Crippen molar-refractivity contribution in [3.63, 3.8) is 0 Å². The highest BCUT2D eigenvalue weighted by atomic mass is 19.1. The molecule has 1 aliphatic rings. The number of carbonyl (C=O) groups excluding carboxylic acids is 2. The second-order valence-electron chi connectivity index (χ2n) is 6.76. The molecule has 0 unspecified atom stereocenters. The molecule has 5 nitrogen and oxygen atoms in total. The summed E-state index contributed by atoms with van der Waals surface area (Å²) in [6, 6.07) is 12.3. The van der Waals surface area contributed by atoms with E-state index in [-0.39, 0.29) is 5.56 Å². The number of ether oxygens (including phenoxy) is 1. The first kappa shape index (κ1) is 16.2. The van der Waals surface area contributed by atoms with E-state index >= 15 is 4.39 Å². The predicted molar refractivity (Wildman–Crippen MR) is 85.8 cm³/mol. The summed E-state index contributed by atoms with van der Waals surface area (Å²) in [7, 11) is 0. The standard InChI is InChI=1S/C18H18FNO4/c1-17(2,3)23-16(22)20-11-18(19,15(21)24-20)14-9-8-12-6-4-5-7-13(12)10-14/h4-10H,11H2,1-3H3/t18-/m1/s1. The lowest BCUT2D eigenvalue weighted by atomic mass is 9.94. The molecule has 0 spiro atoms. The van der Waals surface area contributed by atoms with E-state index in [2.05, 4.69) is 0 Å². The number of hydrogen-bond donors (Lipinski definition) is 0. The number of hydroxylamine groups is 2. The number of benzene rings is 2. The van der Waals surface area contributed by atoms with Crippen LogP contribution >= 0.6 is 0 Å². The molecule has 6 heteroatoms. The van der Waals surface area contributed by atoms with Crippen LogP contribution in [-0.2, 0) is 20.0 Å². The Hall–Kier alpha value is -2.63. The Labute approximate surface area is 138 Å². The Morgan fingerprint density at radius 2 is 1.88 bits per heavy atom. The van der Waals surface area contributed by atoms with E-state index in [0.29, 0.717) is 5.06 Å². The third kappa shape index (κ3) is 2.91. The van der Waals surface area contributed by atoms with Crippen molar-refractivity contribution in [2.45, 2.75) is 32.0 Å². The molecule has 0 bridgehead atoms. The SMILES string of the molecule is CC(C)(C)OC(=O)N1C[C@@](F)(c2ccc3ccccc3c2)C(=O)O1. The van der Waals surface area contributed by atoms with Gasteiger partial charge in [-0.2, -0.15) is 0 Å². The Kier molecular flexibility index (Phi) is 3.70. The number of fused-ring (bicyclic) bond motifs is 1. The van der Waals surface area contributed by atoms with Crippen LogP contribution in [0.2, 0.25) is 0 Å². The predicted octanol–water partition coefficient (Wildman–Crippen LogP) is 3.71. The molecule has 0 radical (unpaired) electrons. The van der Waals surface area contributed by atoms with Gasteiger partial charge in [-0.05, 0) is 37.6 Å². The van der Waals surface area contributed by atoms with Gasteiger partial charge < -0.3 is 9.57 Å². The second kappa shape index (κ2) is 5.47. The molecule has 2 aromatic rings. The molecule has 0 saturated carbocycles. The first-order chi connectivity index (χ1) is 11.2. The minimum Gasteiger partial charge on any atom is -0.442 e. The number of rotatable bonds is 1. The molecule has 0 aromatic heterocycles. The molecular formula is C18H18FNO4. The highest BCUT2D eigenvalue weighted by Gasteiger charge is 2.53. The fraction of sp³-hybridized carbons (Fsp3) is 0.333. The quantitative estimate of drug-likeness (QED) is 0.799. The summed E-state index contributed by atoms with van der Waals surface area (Å²) in [5.41, 5.74) is -3.04. The van der Waals surface area contributed by atoms with E-state index in [1.54, 1.807) is 32.9 Å². The van der Waals surface area contributed by atoms with Gasteiger partial charge in [-0.25, -0.2) is 14.0 Å². The lowest BCUT2D eigenvalue weighted by Gasteiger charge is -2.22.